The molecule has 20 heavy (non-hydrogen) atoms. The molecule has 0 spiro atoms. The Balaban J connectivity index is 1.96. The van der Waals surface area contributed by atoms with Crippen LogP contribution >= 0.6 is 0 Å². The fraction of sp³-hybridized carbons (Fsp3) is 0.800. The second-order valence-corrected chi connectivity index (χ2v) is 5.33. The lowest BCUT2D eigenvalue weighted by atomic mass is 10.0. The third-order valence-electron chi connectivity index (χ3n) is 3.84. The number of piperidine rings is 1. The number of carbonyl (C=O) groups is 1. The van der Waals surface area contributed by atoms with Crippen molar-refractivity contribution in [2.45, 2.75) is 57.1 Å². The van der Waals surface area contributed by atoms with Crippen LogP contribution in [-0.4, -0.2) is 49.7 Å². The molecule has 3 atom stereocenters. The number of nitrogens with zero attached hydrogens (tertiary/aromatic N) is 1. The molecule has 2 rings (SSSR count). The predicted molar refractivity (Wildman–Crippen MR) is 75.0 cm³/mol. The lowest BCUT2D eigenvalue weighted by Crippen LogP contribution is -2.49. The summed E-state index contributed by atoms with van der Waals surface area (Å²) in [6, 6.07) is -0.0215. The summed E-state index contributed by atoms with van der Waals surface area (Å²) in [5.41, 5.74) is 0. The van der Waals surface area contributed by atoms with Gasteiger partial charge in [-0.3, -0.25) is 4.79 Å². The quantitative estimate of drug-likeness (QED) is 0.408. The minimum absolute atomic E-state index is 0.0215. The van der Waals surface area contributed by atoms with Gasteiger partial charge in [-0.25, -0.2) is 0 Å². The molecule has 114 valence electrons. The smallest absolute Gasteiger partial charge is 0.210 e. The van der Waals surface area contributed by atoms with Crippen molar-refractivity contribution in [2.24, 2.45) is 0 Å². The Bertz CT molecular complexity index is 304. The standard InChI is InChI=1S/C15H25NO4/c1-2-10-19-15(20-14-8-4-6-11-18-14)13-7-3-5-9-16(13)12-17/h2,12-15H,1,3-11H2. The number of likely N-dealkylation sites (tertiary alicyclic amines) is 1. The largest absolute Gasteiger partial charge is 0.353 e. The van der Waals surface area contributed by atoms with Crippen molar-refractivity contribution in [3.63, 3.8) is 0 Å². The highest BCUT2D eigenvalue weighted by Gasteiger charge is 2.33. The summed E-state index contributed by atoms with van der Waals surface area (Å²) in [6.07, 6.45) is 8.10. The summed E-state index contributed by atoms with van der Waals surface area (Å²) in [5, 5.41) is 0. The molecule has 0 aromatic carbocycles. The number of hydrogen-bond donors (Lipinski definition) is 0. The van der Waals surface area contributed by atoms with Crippen molar-refractivity contribution < 1.29 is 19.0 Å². The third kappa shape index (κ3) is 4.30. The van der Waals surface area contributed by atoms with Crippen LogP contribution in [-0.2, 0) is 19.0 Å². The molecule has 0 N–H and O–H groups in total. The molecular weight excluding hydrogens is 258 g/mol. The highest BCUT2D eigenvalue weighted by atomic mass is 16.8. The van der Waals surface area contributed by atoms with E-state index in [9.17, 15) is 4.79 Å². The molecule has 3 unspecified atom stereocenters. The van der Waals surface area contributed by atoms with E-state index in [0.717, 1.165) is 58.1 Å². The minimum atomic E-state index is -0.429. The topological polar surface area (TPSA) is 48.0 Å². The Morgan fingerprint density at radius 2 is 2.15 bits per heavy atom. The summed E-state index contributed by atoms with van der Waals surface area (Å²) in [6.45, 7) is 5.60. The zero-order valence-electron chi connectivity index (χ0n) is 12.0. The average Bonchev–Trinajstić information content (AvgIpc) is 2.52. The monoisotopic (exact) mass is 283 g/mol. The van der Waals surface area contributed by atoms with Gasteiger partial charge in [-0.05, 0) is 38.5 Å². The molecule has 2 aliphatic heterocycles. The number of amides is 1. The van der Waals surface area contributed by atoms with E-state index in [1.165, 1.54) is 0 Å². The van der Waals surface area contributed by atoms with Gasteiger partial charge in [0.2, 0.25) is 6.41 Å². The molecule has 0 saturated carbocycles. The van der Waals surface area contributed by atoms with E-state index >= 15 is 0 Å². The first-order valence-electron chi connectivity index (χ1n) is 7.55. The molecule has 2 fully saturated rings. The molecule has 0 aromatic heterocycles. The van der Waals surface area contributed by atoms with Gasteiger partial charge in [0.25, 0.3) is 0 Å². The maximum atomic E-state index is 11.2. The van der Waals surface area contributed by atoms with E-state index in [-0.39, 0.29) is 12.3 Å². The highest BCUT2D eigenvalue weighted by molar-refractivity contribution is 5.48. The normalized spacial score (nSPS) is 28.9. The van der Waals surface area contributed by atoms with Gasteiger partial charge in [0, 0.05) is 13.2 Å². The predicted octanol–water partition coefficient (Wildman–Crippen LogP) is 2.07. The van der Waals surface area contributed by atoms with Crippen LogP contribution in [0.4, 0.5) is 0 Å². The Labute approximate surface area is 120 Å². The van der Waals surface area contributed by atoms with E-state index in [2.05, 4.69) is 6.58 Å². The summed E-state index contributed by atoms with van der Waals surface area (Å²) in [4.78, 5) is 13.0. The molecule has 2 saturated heterocycles. The van der Waals surface area contributed by atoms with Gasteiger partial charge in [0.05, 0.1) is 12.6 Å². The van der Waals surface area contributed by atoms with Crippen molar-refractivity contribution in [2.75, 3.05) is 19.8 Å². The van der Waals surface area contributed by atoms with Crippen LogP contribution in [0.1, 0.15) is 38.5 Å². The van der Waals surface area contributed by atoms with E-state index in [1.807, 2.05) is 0 Å². The van der Waals surface area contributed by atoms with Crippen molar-refractivity contribution in [3.05, 3.63) is 12.7 Å². The second-order valence-electron chi connectivity index (χ2n) is 5.33. The van der Waals surface area contributed by atoms with Crippen molar-refractivity contribution in [3.8, 4) is 0 Å². The van der Waals surface area contributed by atoms with Crippen LogP contribution in [0.5, 0.6) is 0 Å². The van der Waals surface area contributed by atoms with Gasteiger partial charge < -0.3 is 19.1 Å². The molecule has 5 heteroatoms. The lowest BCUT2D eigenvalue weighted by molar-refractivity contribution is -0.270. The lowest BCUT2D eigenvalue weighted by Gasteiger charge is -2.39. The van der Waals surface area contributed by atoms with Crippen LogP contribution in [0, 0.1) is 0 Å². The first-order valence-corrected chi connectivity index (χ1v) is 7.55. The fourth-order valence-corrected chi connectivity index (χ4v) is 2.77. The van der Waals surface area contributed by atoms with Crippen LogP contribution in [0.2, 0.25) is 0 Å². The maximum absolute atomic E-state index is 11.2. The Hall–Kier alpha value is -0.910. The highest BCUT2D eigenvalue weighted by Crippen LogP contribution is 2.24. The number of ether oxygens (including phenoxy) is 3. The van der Waals surface area contributed by atoms with E-state index in [4.69, 9.17) is 14.2 Å². The van der Waals surface area contributed by atoms with Gasteiger partial charge in [-0.1, -0.05) is 6.08 Å². The minimum Gasteiger partial charge on any atom is -0.353 e. The second kappa shape index (κ2) is 8.39. The molecule has 0 radical (unpaired) electrons. The zero-order chi connectivity index (χ0) is 14.2. The molecule has 2 aliphatic rings. The first kappa shape index (κ1) is 15.5. The van der Waals surface area contributed by atoms with Crippen molar-refractivity contribution in [1.29, 1.82) is 0 Å². The molecule has 0 aromatic rings. The summed E-state index contributed by atoms with van der Waals surface area (Å²) in [7, 11) is 0. The van der Waals surface area contributed by atoms with Gasteiger partial charge >= 0.3 is 0 Å². The van der Waals surface area contributed by atoms with Gasteiger partial charge in [0.1, 0.15) is 0 Å². The Morgan fingerprint density at radius 1 is 1.30 bits per heavy atom. The van der Waals surface area contributed by atoms with Crippen LogP contribution < -0.4 is 0 Å². The molecule has 1 amide bonds. The molecule has 5 nitrogen and oxygen atoms in total. The van der Waals surface area contributed by atoms with E-state index in [0.29, 0.717) is 6.61 Å². The zero-order valence-corrected chi connectivity index (χ0v) is 12.0. The number of rotatable bonds is 7. The van der Waals surface area contributed by atoms with Crippen LogP contribution in [0.3, 0.4) is 0 Å². The van der Waals surface area contributed by atoms with E-state index in [1.54, 1.807) is 11.0 Å². The number of carbonyl (C=O) groups excluding carboxylic acids is 1. The van der Waals surface area contributed by atoms with Gasteiger partial charge in [-0.2, -0.15) is 0 Å². The third-order valence-corrected chi connectivity index (χ3v) is 3.84. The van der Waals surface area contributed by atoms with E-state index < -0.39 is 6.29 Å². The maximum Gasteiger partial charge on any atom is 0.210 e. The molecular formula is C15H25NO4. The molecule has 0 aliphatic carbocycles. The Kier molecular flexibility index (Phi) is 6.50. The van der Waals surface area contributed by atoms with Crippen LogP contribution in [0.25, 0.3) is 0 Å². The first-order chi connectivity index (χ1) is 9.85. The summed E-state index contributed by atoms with van der Waals surface area (Å²) < 4.78 is 17.3. The van der Waals surface area contributed by atoms with Crippen molar-refractivity contribution >= 4 is 6.41 Å². The fourth-order valence-electron chi connectivity index (χ4n) is 2.77. The Morgan fingerprint density at radius 3 is 2.85 bits per heavy atom. The van der Waals surface area contributed by atoms with Gasteiger partial charge in [-0.15, -0.1) is 6.58 Å². The van der Waals surface area contributed by atoms with Gasteiger partial charge in [0.15, 0.2) is 12.6 Å². The molecule has 0 bridgehead atoms. The SMILES string of the molecule is C=CCOC(OC1CCCCO1)C1CCCCN1C=O. The van der Waals surface area contributed by atoms with Crippen molar-refractivity contribution in [1.82, 2.24) is 4.90 Å². The summed E-state index contributed by atoms with van der Waals surface area (Å²) >= 11 is 0. The van der Waals surface area contributed by atoms with Crippen LogP contribution in [0.15, 0.2) is 12.7 Å². The molecule has 2 heterocycles. The summed E-state index contributed by atoms with van der Waals surface area (Å²) in [5.74, 6) is 0. The average molecular weight is 283 g/mol. The number of hydrogen-bond acceptors (Lipinski definition) is 4.